The molecule has 0 heterocycles. The molecule has 4 nitrogen and oxygen atoms in total. The maximum atomic E-state index is 11.1. The molecule has 0 radical (unpaired) electrons. The van der Waals surface area contributed by atoms with Crippen molar-refractivity contribution in [1.29, 1.82) is 0 Å². The van der Waals surface area contributed by atoms with Crippen LogP contribution in [0.3, 0.4) is 0 Å². The quantitative estimate of drug-likeness (QED) is 0.332. The van der Waals surface area contributed by atoms with Gasteiger partial charge in [0, 0.05) is 29.2 Å². The Morgan fingerprint density at radius 2 is 0.900 bits per heavy atom. The fourth-order valence-corrected chi connectivity index (χ4v) is 3.39. The molecule has 0 aliphatic carbocycles. The third kappa shape index (κ3) is 4.70. The first kappa shape index (κ1) is 21.6. The summed E-state index contributed by atoms with van der Waals surface area (Å²) in [6.07, 6.45) is 0. The SMILES string of the molecule is CC(C)(C)c1ccc(N(c2ccc([N+](=O)[O-])cc2)c2ccc(C(C)(C)C)cc2)cc1. The highest BCUT2D eigenvalue weighted by Crippen LogP contribution is 2.37. The van der Waals surface area contributed by atoms with Crippen LogP contribution in [-0.4, -0.2) is 4.92 Å². The number of anilines is 3. The second-order valence-electron chi connectivity index (χ2n) is 9.70. The van der Waals surface area contributed by atoms with Crippen molar-refractivity contribution in [2.75, 3.05) is 4.90 Å². The number of hydrogen-bond acceptors (Lipinski definition) is 3. The first-order chi connectivity index (χ1) is 14.0. The minimum absolute atomic E-state index is 0.0745. The topological polar surface area (TPSA) is 46.4 Å². The van der Waals surface area contributed by atoms with Crippen molar-refractivity contribution in [3.63, 3.8) is 0 Å². The fraction of sp³-hybridized carbons (Fsp3) is 0.308. The van der Waals surface area contributed by atoms with Crippen LogP contribution in [0.2, 0.25) is 0 Å². The lowest BCUT2D eigenvalue weighted by atomic mass is 9.86. The van der Waals surface area contributed by atoms with Crippen LogP contribution in [0.25, 0.3) is 0 Å². The van der Waals surface area contributed by atoms with E-state index in [-0.39, 0.29) is 21.4 Å². The van der Waals surface area contributed by atoms with E-state index in [9.17, 15) is 10.1 Å². The molecule has 0 aliphatic rings. The molecule has 0 atom stereocenters. The highest BCUT2D eigenvalue weighted by molar-refractivity contribution is 5.77. The Balaban J connectivity index is 2.08. The minimum atomic E-state index is -0.371. The van der Waals surface area contributed by atoms with Crippen molar-refractivity contribution in [1.82, 2.24) is 0 Å². The maximum absolute atomic E-state index is 11.1. The summed E-state index contributed by atoms with van der Waals surface area (Å²) in [5.74, 6) is 0. The van der Waals surface area contributed by atoms with E-state index < -0.39 is 0 Å². The van der Waals surface area contributed by atoms with Gasteiger partial charge in [-0.25, -0.2) is 0 Å². The van der Waals surface area contributed by atoms with Gasteiger partial charge in [-0.3, -0.25) is 10.1 Å². The van der Waals surface area contributed by atoms with E-state index in [0.29, 0.717) is 0 Å². The zero-order chi connectivity index (χ0) is 22.1. The van der Waals surface area contributed by atoms with Crippen LogP contribution in [0, 0.1) is 10.1 Å². The standard InChI is InChI=1S/C26H30N2O2/c1-25(2,3)19-7-11-21(12-8-19)27(23-15-17-24(18-16-23)28(29)30)22-13-9-20(10-14-22)26(4,5)6/h7-18H,1-6H3. The van der Waals surface area contributed by atoms with Gasteiger partial charge in [0.15, 0.2) is 0 Å². The molecule has 0 aromatic heterocycles. The molecule has 4 heteroatoms. The van der Waals surface area contributed by atoms with Gasteiger partial charge in [0.05, 0.1) is 4.92 Å². The lowest BCUT2D eigenvalue weighted by Gasteiger charge is -2.28. The van der Waals surface area contributed by atoms with E-state index in [2.05, 4.69) is 95.0 Å². The van der Waals surface area contributed by atoms with Crippen molar-refractivity contribution in [2.24, 2.45) is 0 Å². The molecule has 0 amide bonds. The van der Waals surface area contributed by atoms with Crippen LogP contribution >= 0.6 is 0 Å². The lowest BCUT2D eigenvalue weighted by Crippen LogP contribution is -2.14. The number of nitrogens with zero attached hydrogens (tertiary/aromatic N) is 2. The van der Waals surface area contributed by atoms with Gasteiger partial charge in [-0.2, -0.15) is 0 Å². The van der Waals surface area contributed by atoms with Crippen molar-refractivity contribution < 1.29 is 4.92 Å². The summed E-state index contributed by atoms with van der Waals surface area (Å²) in [4.78, 5) is 12.8. The van der Waals surface area contributed by atoms with Crippen LogP contribution in [0.5, 0.6) is 0 Å². The summed E-state index contributed by atoms with van der Waals surface area (Å²) < 4.78 is 0. The van der Waals surface area contributed by atoms with Gasteiger partial charge in [-0.1, -0.05) is 65.8 Å². The molecular weight excluding hydrogens is 372 g/mol. The van der Waals surface area contributed by atoms with E-state index in [1.165, 1.54) is 11.1 Å². The largest absolute Gasteiger partial charge is 0.310 e. The molecule has 3 aromatic rings. The van der Waals surface area contributed by atoms with Gasteiger partial charge in [0.25, 0.3) is 5.69 Å². The molecule has 0 spiro atoms. The predicted octanol–water partition coefficient (Wildman–Crippen LogP) is 7.66. The molecule has 0 fully saturated rings. The minimum Gasteiger partial charge on any atom is -0.310 e. The highest BCUT2D eigenvalue weighted by Gasteiger charge is 2.18. The molecule has 3 rings (SSSR count). The Hall–Kier alpha value is -3.14. The smallest absolute Gasteiger partial charge is 0.269 e. The molecule has 0 unspecified atom stereocenters. The molecular formula is C26H30N2O2. The molecule has 0 bridgehead atoms. The number of nitro benzene ring substituents is 1. The van der Waals surface area contributed by atoms with Gasteiger partial charge in [-0.05, 0) is 58.4 Å². The van der Waals surface area contributed by atoms with Gasteiger partial charge < -0.3 is 4.90 Å². The van der Waals surface area contributed by atoms with Crippen LogP contribution in [0.1, 0.15) is 52.7 Å². The molecule has 156 valence electrons. The van der Waals surface area contributed by atoms with Crippen LogP contribution in [0.15, 0.2) is 72.8 Å². The summed E-state index contributed by atoms with van der Waals surface area (Å²) in [5, 5.41) is 11.1. The lowest BCUT2D eigenvalue weighted by molar-refractivity contribution is -0.384. The summed E-state index contributed by atoms with van der Waals surface area (Å²) >= 11 is 0. The molecule has 0 saturated carbocycles. The van der Waals surface area contributed by atoms with E-state index in [1.807, 2.05) is 0 Å². The summed E-state index contributed by atoms with van der Waals surface area (Å²) in [7, 11) is 0. The average molecular weight is 403 g/mol. The number of nitro groups is 1. The first-order valence-corrected chi connectivity index (χ1v) is 10.2. The number of non-ortho nitro benzene ring substituents is 1. The maximum Gasteiger partial charge on any atom is 0.269 e. The molecule has 0 aliphatic heterocycles. The van der Waals surface area contributed by atoms with Crippen LogP contribution in [-0.2, 0) is 10.8 Å². The Kier molecular flexibility index (Phi) is 5.71. The van der Waals surface area contributed by atoms with Crippen molar-refractivity contribution >= 4 is 22.7 Å². The molecule has 0 N–H and O–H groups in total. The summed E-state index contributed by atoms with van der Waals surface area (Å²) in [5.41, 5.74) is 5.67. The summed E-state index contributed by atoms with van der Waals surface area (Å²) in [6.45, 7) is 13.2. The predicted molar refractivity (Wildman–Crippen MR) is 125 cm³/mol. The third-order valence-corrected chi connectivity index (χ3v) is 5.30. The fourth-order valence-electron chi connectivity index (χ4n) is 3.39. The normalized spacial score (nSPS) is 11.9. The van der Waals surface area contributed by atoms with Gasteiger partial charge >= 0.3 is 0 Å². The van der Waals surface area contributed by atoms with Gasteiger partial charge in [0.1, 0.15) is 0 Å². The average Bonchev–Trinajstić information content (AvgIpc) is 2.68. The second-order valence-corrected chi connectivity index (χ2v) is 9.70. The van der Waals surface area contributed by atoms with E-state index >= 15 is 0 Å². The van der Waals surface area contributed by atoms with Crippen molar-refractivity contribution in [2.45, 2.75) is 52.4 Å². The Labute approximate surface area is 179 Å². The first-order valence-electron chi connectivity index (χ1n) is 10.2. The monoisotopic (exact) mass is 402 g/mol. The van der Waals surface area contributed by atoms with E-state index in [1.54, 1.807) is 24.3 Å². The molecule has 0 saturated heterocycles. The van der Waals surface area contributed by atoms with Gasteiger partial charge in [-0.15, -0.1) is 0 Å². The van der Waals surface area contributed by atoms with Crippen molar-refractivity contribution in [3.05, 3.63) is 94.0 Å². The Morgan fingerprint density at radius 3 is 1.17 bits per heavy atom. The zero-order valence-corrected chi connectivity index (χ0v) is 18.6. The second kappa shape index (κ2) is 7.94. The molecule has 3 aromatic carbocycles. The Morgan fingerprint density at radius 1 is 0.600 bits per heavy atom. The zero-order valence-electron chi connectivity index (χ0n) is 18.6. The highest BCUT2D eigenvalue weighted by atomic mass is 16.6. The van der Waals surface area contributed by atoms with E-state index in [0.717, 1.165) is 17.1 Å². The number of hydrogen-bond donors (Lipinski definition) is 0. The van der Waals surface area contributed by atoms with Gasteiger partial charge in [0.2, 0.25) is 0 Å². The third-order valence-electron chi connectivity index (χ3n) is 5.30. The van der Waals surface area contributed by atoms with Crippen molar-refractivity contribution in [3.8, 4) is 0 Å². The Bertz CT molecular complexity index is 950. The van der Waals surface area contributed by atoms with E-state index in [4.69, 9.17) is 0 Å². The molecule has 30 heavy (non-hydrogen) atoms. The summed E-state index contributed by atoms with van der Waals surface area (Å²) in [6, 6.07) is 23.7. The van der Waals surface area contributed by atoms with Crippen LogP contribution in [0.4, 0.5) is 22.7 Å². The number of benzene rings is 3. The number of rotatable bonds is 4. The van der Waals surface area contributed by atoms with Crippen LogP contribution < -0.4 is 4.90 Å².